The van der Waals surface area contributed by atoms with Gasteiger partial charge in [-0.3, -0.25) is 0 Å². The lowest BCUT2D eigenvalue weighted by molar-refractivity contribution is 0.605. The van der Waals surface area contributed by atoms with Gasteiger partial charge in [-0.05, 0) is 29.0 Å². The summed E-state index contributed by atoms with van der Waals surface area (Å²) in [6.45, 7) is 0. The van der Waals surface area contributed by atoms with Crippen molar-refractivity contribution >= 4 is 32.6 Å². The van der Waals surface area contributed by atoms with E-state index in [-0.39, 0.29) is 5.82 Å². The minimum absolute atomic E-state index is 0.240. The van der Waals surface area contributed by atoms with Crippen molar-refractivity contribution in [3.8, 4) is 0 Å². The SMILES string of the molecule is Fc1ccc2c(c1)c1ccccc1c1ocnc21. The molecule has 0 aliphatic rings. The largest absolute Gasteiger partial charge is 0.443 e. The molecule has 0 amide bonds. The zero-order valence-corrected chi connectivity index (χ0v) is 9.35. The zero-order valence-electron chi connectivity index (χ0n) is 9.35. The predicted molar refractivity (Wildman–Crippen MR) is 69.0 cm³/mol. The van der Waals surface area contributed by atoms with Crippen LogP contribution in [0.3, 0.4) is 0 Å². The molecule has 0 atom stereocenters. The van der Waals surface area contributed by atoms with Crippen molar-refractivity contribution in [2.24, 2.45) is 0 Å². The number of rotatable bonds is 0. The summed E-state index contributed by atoms with van der Waals surface area (Å²) in [5.41, 5.74) is 1.54. The zero-order chi connectivity index (χ0) is 12.1. The number of nitrogens with zero attached hydrogens (tertiary/aromatic N) is 1. The first-order valence-corrected chi connectivity index (χ1v) is 5.68. The molecular weight excluding hydrogens is 229 g/mol. The predicted octanol–water partition coefficient (Wildman–Crippen LogP) is 4.27. The van der Waals surface area contributed by atoms with Crippen molar-refractivity contribution in [1.29, 1.82) is 0 Å². The number of fused-ring (bicyclic) bond motifs is 6. The molecule has 0 saturated heterocycles. The number of benzene rings is 3. The van der Waals surface area contributed by atoms with E-state index in [0.29, 0.717) is 0 Å². The molecule has 0 spiro atoms. The molecule has 0 aliphatic carbocycles. The molecule has 3 heteroatoms. The molecule has 1 aromatic heterocycles. The van der Waals surface area contributed by atoms with Gasteiger partial charge in [0.2, 0.25) is 0 Å². The van der Waals surface area contributed by atoms with Gasteiger partial charge < -0.3 is 4.42 Å². The van der Waals surface area contributed by atoms with E-state index >= 15 is 0 Å². The van der Waals surface area contributed by atoms with E-state index in [1.807, 2.05) is 24.3 Å². The highest BCUT2D eigenvalue weighted by Gasteiger charge is 2.11. The Labute approximate surface area is 102 Å². The maximum Gasteiger partial charge on any atom is 0.182 e. The average Bonchev–Trinajstić information content (AvgIpc) is 2.88. The Bertz CT molecular complexity index is 895. The highest BCUT2D eigenvalue weighted by Crippen LogP contribution is 2.34. The van der Waals surface area contributed by atoms with E-state index < -0.39 is 0 Å². The molecule has 0 N–H and O–H groups in total. The van der Waals surface area contributed by atoms with Crippen LogP contribution in [0.2, 0.25) is 0 Å². The number of aromatic nitrogens is 1. The molecule has 86 valence electrons. The normalized spacial score (nSPS) is 11.6. The third-order valence-electron chi connectivity index (χ3n) is 3.27. The van der Waals surface area contributed by atoms with Gasteiger partial charge >= 0.3 is 0 Å². The van der Waals surface area contributed by atoms with E-state index in [1.54, 1.807) is 12.1 Å². The van der Waals surface area contributed by atoms with E-state index in [4.69, 9.17) is 4.42 Å². The summed E-state index contributed by atoms with van der Waals surface area (Å²) in [4.78, 5) is 4.24. The van der Waals surface area contributed by atoms with Crippen molar-refractivity contribution in [3.05, 3.63) is 54.7 Å². The Kier molecular flexibility index (Phi) is 1.75. The molecule has 0 bridgehead atoms. The van der Waals surface area contributed by atoms with Crippen molar-refractivity contribution in [2.75, 3.05) is 0 Å². The average molecular weight is 237 g/mol. The summed E-state index contributed by atoms with van der Waals surface area (Å²) in [7, 11) is 0. The van der Waals surface area contributed by atoms with Gasteiger partial charge in [-0.15, -0.1) is 0 Å². The topological polar surface area (TPSA) is 26.0 Å². The fourth-order valence-electron chi connectivity index (χ4n) is 2.49. The summed E-state index contributed by atoms with van der Waals surface area (Å²) >= 11 is 0. The van der Waals surface area contributed by atoms with Gasteiger partial charge in [0, 0.05) is 10.8 Å². The lowest BCUT2D eigenvalue weighted by Crippen LogP contribution is -1.82. The Balaban J connectivity index is 2.44. The molecule has 4 rings (SSSR count). The van der Waals surface area contributed by atoms with Gasteiger partial charge in [-0.25, -0.2) is 9.37 Å². The maximum atomic E-state index is 13.4. The second-order valence-corrected chi connectivity index (χ2v) is 4.27. The summed E-state index contributed by atoms with van der Waals surface area (Å²) in [5, 5.41) is 3.73. The Morgan fingerprint density at radius 3 is 2.61 bits per heavy atom. The lowest BCUT2D eigenvalue weighted by atomic mass is 10.0. The van der Waals surface area contributed by atoms with Crippen molar-refractivity contribution in [2.45, 2.75) is 0 Å². The molecule has 18 heavy (non-hydrogen) atoms. The molecular formula is C15H8FNO. The van der Waals surface area contributed by atoms with Crippen LogP contribution in [0.5, 0.6) is 0 Å². The van der Waals surface area contributed by atoms with Crippen LogP contribution in [-0.2, 0) is 0 Å². The number of hydrogen-bond acceptors (Lipinski definition) is 2. The first-order chi connectivity index (χ1) is 8.84. The third kappa shape index (κ3) is 1.13. The smallest absolute Gasteiger partial charge is 0.182 e. The second-order valence-electron chi connectivity index (χ2n) is 4.27. The van der Waals surface area contributed by atoms with Gasteiger partial charge in [0.05, 0.1) is 0 Å². The minimum Gasteiger partial charge on any atom is -0.443 e. The third-order valence-corrected chi connectivity index (χ3v) is 3.27. The van der Waals surface area contributed by atoms with Crippen molar-refractivity contribution in [3.63, 3.8) is 0 Å². The van der Waals surface area contributed by atoms with Crippen LogP contribution in [0.1, 0.15) is 0 Å². The Morgan fingerprint density at radius 1 is 0.889 bits per heavy atom. The van der Waals surface area contributed by atoms with Gasteiger partial charge in [-0.1, -0.05) is 24.3 Å². The van der Waals surface area contributed by atoms with Crippen LogP contribution in [0.15, 0.2) is 53.3 Å². The van der Waals surface area contributed by atoms with Gasteiger partial charge in [-0.2, -0.15) is 0 Å². The van der Waals surface area contributed by atoms with Crippen LogP contribution in [0.4, 0.5) is 4.39 Å². The van der Waals surface area contributed by atoms with Crippen molar-refractivity contribution < 1.29 is 8.81 Å². The number of hydrogen-bond donors (Lipinski definition) is 0. The van der Waals surface area contributed by atoms with Gasteiger partial charge in [0.25, 0.3) is 0 Å². The summed E-state index contributed by atoms with van der Waals surface area (Å²) in [5.74, 6) is -0.240. The second kappa shape index (κ2) is 3.29. The summed E-state index contributed by atoms with van der Waals surface area (Å²) < 4.78 is 18.9. The number of halogens is 1. The highest BCUT2D eigenvalue weighted by molar-refractivity contribution is 6.22. The molecule has 0 radical (unpaired) electrons. The molecule has 0 fully saturated rings. The maximum absolute atomic E-state index is 13.4. The van der Waals surface area contributed by atoms with Gasteiger partial charge in [0.1, 0.15) is 11.3 Å². The van der Waals surface area contributed by atoms with Gasteiger partial charge in [0.15, 0.2) is 12.0 Å². The highest BCUT2D eigenvalue weighted by atomic mass is 19.1. The number of oxazole rings is 1. The van der Waals surface area contributed by atoms with E-state index in [9.17, 15) is 4.39 Å². The summed E-state index contributed by atoms with van der Waals surface area (Å²) in [6, 6.07) is 12.6. The van der Waals surface area contributed by atoms with Crippen LogP contribution < -0.4 is 0 Å². The Morgan fingerprint density at radius 2 is 1.72 bits per heavy atom. The van der Waals surface area contributed by atoms with E-state index in [2.05, 4.69) is 4.98 Å². The standard InChI is InChI=1S/C15H8FNO/c16-9-5-6-11-13(7-9)10-3-1-2-4-12(10)15-14(11)17-8-18-15/h1-8H. The lowest BCUT2D eigenvalue weighted by Gasteiger charge is -2.04. The Hall–Kier alpha value is -2.42. The molecule has 0 aliphatic heterocycles. The molecule has 2 nitrogen and oxygen atoms in total. The molecule has 4 aromatic rings. The van der Waals surface area contributed by atoms with Crippen molar-refractivity contribution in [1.82, 2.24) is 4.98 Å². The first kappa shape index (κ1) is 9.59. The molecule has 0 saturated carbocycles. The molecule has 3 aromatic carbocycles. The van der Waals surface area contributed by atoms with Crippen LogP contribution in [0.25, 0.3) is 32.6 Å². The van der Waals surface area contributed by atoms with E-state index in [1.165, 1.54) is 12.5 Å². The fraction of sp³-hybridized carbons (Fsp3) is 0. The monoisotopic (exact) mass is 237 g/mol. The fourth-order valence-corrected chi connectivity index (χ4v) is 2.49. The van der Waals surface area contributed by atoms with E-state index in [0.717, 1.165) is 32.6 Å². The minimum atomic E-state index is -0.240. The quantitative estimate of drug-likeness (QED) is 0.427. The molecule has 0 unspecified atom stereocenters. The van der Waals surface area contributed by atoms with Crippen LogP contribution in [0, 0.1) is 5.82 Å². The molecule has 1 heterocycles. The summed E-state index contributed by atoms with van der Waals surface area (Å²) in [6.07, 6.45) is 1.43. The first-order valence-electron chi connectivity index (χ1n) is 5.68. The van der Waals surface area contributed by atoms with Crippen LogP contribution >= 0.6 is 0 Å². The van der Waals surface area contributed by atoms with Crippen LogP contribution in [-0.4, -0.2) is 4.98 Å².